The maximum absolute atomic E-state index is 10.6. The highest BCUT2D eigenvalue weighted by Gasteiger charge is 2.31. The monoisotopic (exact) mass is 160 g/mol. The lowest BCUT2D eigenvalue weighted by molar-refractivity contribution is -0.143. The summed E-state index contributed by atoms with van der Waals surface area (Å²) in [6.45, 7) is 1.99. The number of rotatable bonds is 5. The van der Waals surface area contributed by atoms with Crippen LogP contribution in [0.1, 0.15) is 26.2 Å². The average molecular weight is 160 g/mol. The van der Waals surface area contributed by atoms with Crippen LogP contribution in [0.15, 0.2) is 0 Å². The fourth-order valence-corrected chi connectivity index (χ4v) is 0.789. The Labute approximate surface area is 66.6 Å². The highest BCUT2D eigenvalue weighted by molar-refractivity contribution is 5.78. The smallest absolute Gasteiger partial charge is 0.324 e. The summed E-state index contributed by atoms with van der Waals surface area (Å²) >= 11 is 0. The second-order valence-electron chi connectivity index (χ2n) is 2.77. The second kappa shape index (κ2) is 4.31. The first kappa shape index (κ1) is 10.4. The molecule has 0 unspecified atom stereocenters. The van der Waals surface area contributed by atoms with Crippen molar-refractivity contribution in [2.24, 2.45) is 11.5 Å². The summed E-state index contributed by atoms with van der Waals surface area (Å²) in [6.07, 6.45) is 2.20. The fourth-order valence-electron chi connectivity index (χ4n) is 0.789. The molecule has 0 saturated heterocycles. The number of hydrogen-bond donors (Lipinski definition) is 3. The van der Waals surface area contributed by atoms with Crippen molar-refractivity contribution < 1.29 is 9.90 Å². The molecular weight excluding hydrogens is 144 g/mol. The van der Waals surface area contributed by atoms with Gasteiger partial charge in [0, 0.05) is 6.54 Å². The third-order valence-corrected chi connectivity index (χ3v) is 1.77. The van der Waals surface area contributed by atoms with E-state index in [1.54, 1.807) is 0 Å². The third kappa shape index (κ3) is 2.86. The van der Waals surface area contributed by atoms with Gasteiger partial charge in [0.05, 0.1) is 0 Å². The summed E-state index contributed by atoms with van der Waals surface area (Å²) in [6, 6.07) is 0. The van der Waals surface area contributed by atoms with E-state index in [9.17, 15) is 4.79 Å². The van der Waals surface area contributed by atoms with Crippen molar-refractivity contribution in [2.75, 3.05) is 6.54 Å². The van der Waals surface area contributed by atoms with E-state index in [-0.39, 0.29) is 6.54 Å². The zero-order chi connectivity index (χ0) is 8.91. The average Bonchev–Trinajstić information content (AvgIpc) is 2.00. The topological polar surface area (TPSA) is 89.3 Å². The minimum atomic E-state index is -1.21. The molecule has 0 fully saturated rings. The summed E-state index contributed by atoms with van der Waals surface area (Å²) < 4.78 is 0. The molecule has 0 aliphatic rings. The fraction of sp³-hybridized carbons (Fsp3) is 0.857. The van der Waals surface area contributed by atoms with Crippen LogP contribution in [-0.2, 0) is 4.79 Å². The van der Waals surface area contributed by atoms with Crippen LogP contribution in [0.25, 0.3) is 0 Å². The second-order valence-corrected chi connectivity index (χ2v) is 2.77. The Morgan fingerprint density at radius 1 is 1.64 bits per heavy atom. The standard InChI is InChI=1S/C7H16N2O2/c1-2-3-4-7(9,5-8)6(10)11/h2-5,8-9H2,1H3,(H,10,11)/t7-/m0/s1. The molecule has 0 aromatic carbocycles. The van der Waals surface area contributed by atoms with E-state index in [0.29, 0.717) is 6.42 Å². The minimum absolute atomic E-state index is 0.00231. The predicted octanol–water partition coefficient (Wildman–Crippen LogP) is -0.0826. The van der Waals surface area contributed by atoms with Gasteiger partial charge in [-0.05, 0) is 6.42 Å². The molecular formula is C7H16N2O2. The molecule has 0 rings (SSSR count). The Morgan fingerprint density at radius 3 is 2.45 bits per heavy atom. The Kier molecular flexibility index (Phi) is 4.07. The van der Waals surface area contributed by atoms with Gasteiger partial charge in [-0.2, -0.15) is 0 Å². The molecule has 0 spiro atoms. The summed E-state index contributed by atoms with van der Waals surface area (Å²) in [4.78, 5) is 10.6. The van der Waals surface area contributed by atoms with Gasteiger partial charge in [-0.3, -0.25) is 4.79 Å². The van der Waals surface area contributed by atoms with E-state index in [4.69, 9.17) is 16.6 Å². The lowest BCUT2D eigenvalue weighted by Gasteiger charge is -2.21. The van der Waals surface area contributed by atoms with Crippen LogP contribution in [0.3, 0.4) is 0 Å². The van der Waals surface area contributed by atoms with Crippen LogP contribution in [0.4, 0.5) is 0 Å². The Hall–Kier alpha value is -0.610. The van der Waals surface area contributed by atoms with Crippen LogP contribution in [0.5, 0.6) is 0 Å². The Morgan fingerprint density at radius 2 is 2.18 bits per heavy atom. The van der Waals surface area contributed by atoms with Crippen molar-refractivity contribution in [3.63, 3.8) is 0 Å². The van der Waals surface area contributed by atoms with Crippen LogP contribution in [0.2, 0.25) is 0 Å². The predicted molar refractivity (Wildman–Crippen MR) is 43.1 cm³/mol. The third-order valence-electron chi connectivity index (χ3n) is 1.77. The normalized spacial score (nSPS) is 15.9. The maximum atomic E-state index is 10.6. The van der Waals surface area contributed by atoms with Crippen molar-refractivity contribution in [1.82, 2.24) is 0 Å². The molecule has 4 nitrogen and oxygen atoms in total. The molecule has 0 radical (unpaired) electrons. The van der Waals surface area contributed by atoms with E-state index >= 15 is 0 Å². The first-order valence-electron chi connectivity index (χ1n) is 3.79. The molecule has 0 aromatic rings. The molecule has 4 heteroatoms. The van der Waals surface area contributed by atoms with Gasteiger partial charge >= 0.3 is 5.97 Å². The molecule has 0 aromatic heterocycles. The van der Waals surface area contributed by atoms with E-state index in [0.717, 1.165) is 12.8 Å². The van der Waals surface area contributed by atoms with Crippen molar-refractivity contribution in [3.05, 3.63) is 0 Å². The van der Waals surface area contributed by atoms with E-state index in [1.165, 1.54) is 0 Å². The maximum Gasteiger partial charge on any atom is 0.324 e. The largest absolute Gasteiger partial charge is 0.480 e. The lowest BCUT2D eigenvalue weighted by Crippen LogP contribution is -2.53. The number of nitrogens with two attached hydrogens (primary N) is 2. The van der Waals surface area contributed by atoms with Crippen LogP contribution < -0.4 is 11.5 Å². The number of carboxylic acids is 1. The first-order chi connectivity index (χ1) is 5.06. The molecule has 0 amide bonds. The quantitative estimate of drug-likeness (QED) is 0.524. The van der Waals surface area contributed by atoms with Gasteiger partial charge in [-0.1, -0.05) is 19.8 Å². The lowest BCUT2D eigenvalue weighted by atomic mass is 9.94. The molecule has 0 aliphatic heterocycles. The van der Waals surface area contributed by atoms with Crippen molar-refractivity contribution in [1.29, 1.82) is 0 Å². The molecule has 0 aliphatic carbocycles. The highest BCUT2D eigenvalue weighted by Crippen LogP contribution is 2.09. The number of aliphatic carboxylic acids is 1. The highest BCUT2D eigenvalue weighted by atomic mass is 16.4. The molecule has 11 heavy (non-hydrogen) atoms. The van der Waals surface area contributed by atoms with Gasteiger partial charge in [-0.15, -0.1) is 0 Å². The summed E-state index contributed by atoms with van der Waals surface area (Å²) in [5.74, 6) is -1.01. The molecule has 0 heterocycles. The molecule has 5 N–H and O–H groups in total. The van der Waals surface area contributed by atoms with Gasteiger partial charge in [-0.25, -0.2) is 0 Å². The van der Waals surface area contributed by atoms with Crippen molar-refractivity contribution >= 4 is 5.97 Å². The van der Waals surface area contributed by atoms with E-state index < -0.39 is 11.5 Å². The number of hydrogen-bond acceptors (Lipinski definition) is 3. The Bertz CT molecular complexity index is 138. The SMILES string of the molecule is CCCC[C@](N)(CN)C(=O)O. The van der Waals surface area contributed by atoms with E-state index in [1.807, 2.05) is 6.92 Å². The number of carboxylic acid groups (broad SMARTS) is 1. The van der Waals surface area contributed by atoms with Crippen molar-refractivity contribution in [3.8, 4) is 0 Å². The first-order valence-corrected chi connectivity index (χ1v) is 3.79. The Balaban J connectivity index is 3.99. The molecule has 0 saturated carbocycles. The molecule has 0 bridgehead atoms. The van der Waals surface area contributed by atoms with Gasteiger partial charge in [0.2, 0.25) is 0 Å². The van der Waals surface area contributed by atoms with Crippen LogP contribution in [0, 0.1) is 0 Å². The van der Waals surface area contributed by atoms with Crippen molar-refractivity contribution in [2.45, 2.75) is 31.7 Å². The zero-order valence-electron chi connectivity index (χ0n) is 6.84. The zero-order valence-corrected chi connectivity index (χ0v) is 6.84. The number of carbonyl (C=O) groups is 1. The minimum Gasteiger partial charge on any atom is -0.480 e. The molecule has 66 valence electrons. The van der Waals surface area contributed by atoms with E-state index in [2.05, 4.69) is 0 Å². The number of unbranched alkanes of at least 4 members (excludes halogenated alkanes) is 1. The van der Waals surface area contributed by atoms with Gasteiger partial charge in [0.25, 0.3) is 0 Å². The van der Waals surface area contributed by atoms with Gasteiger partial charge < -0.3 is 16.6 Å². The summed E-state index contributed by atoms with van der Waals surface area (Å²) in [7, 11) is 0. The summed E-state index contributed by atoms with van der Waals surface area (Å²) in [5, 5.41) is 8.65. The summed E-state index contributed by atoms with van der Waals surface area (Å²) in [5.41, 5.74) is 9.53. The van der Waals surface area contributed by atoms with Crippen LogP contribution in [-0.4, -0.2) is 23.2 Å². The van der Waals surface area contributed by atoms with Gasteiger partial charge in [0.15, 0.2) is 0 Å². The molecule has 1 atom stereocenters. The van der Waals surface area contributed by atoms with Crippen LogP contribution >= 0.6 is 0 Å². The van der Waals surface area contributed by atoms with Gasteiger partial charge in [0.1, 0.15) is 5.54 Å².